The number of ether oxygens (including phenoxy) is 1. The van der Waals surface area contributed by atoms with Crippen LogP contribution in [0.5, 0.6) is 0 Å². The third-order valence-electron chi connectivity index (χ3n) is 3.94. The monoisotopic (exact) mass is 211 g/mol. The number of nitrogens with one attached hydrogen (secondary N) is 1. The minimum absolute atomic E-state index is 0.266. The van der Waals surface area contributed by atoms with Crippen LogP contribution in [-0.4, -0.2) is 24.8 Å². The van der Waals surface area contributed by atoms with E-state index in [1.54, 1.807) is 0 Å². The lowest BCUT2D eigenvalue weighted by Crippen LogP contribution is -2.48. The molecule has 0 radical (unpaired) electrons. The van der Waals surface area contributed by atoms with Crippen molar-refractivity contribution in [2.75, 3.05) is 13.2 Å². The van der Waals surface area contributed by atoms with Gasteiger partial charge in [0.05, 0.1) is 5.60 Å². The zero-order valence-electron chi connectivity index (χ0n) is 10.1. The number of hydrogen-bond donors (Lipinski definition) is 1. The molecule has 1 aliphatic carbocycles. The normalized spacial score (nSPS) is 30.6. The SMILES string of the molecule is CCCNC1CCOC2(CCCCC2)C1. The highest BCUT2D eigenvalue weighted by atomic mass is 16.5. The zero-order chi connectivity index (χ0) is 10.6. The summed E-state index contributed by atoms with van der Waals surface area (Å²) in [6, 6.07) is 0.719. The summed E-state index contributed by atoms with van der Waals surface area (Å²) in [6.07, 6.45) is 10.5. The molecular formula is C13H25NO. The first-order chi connectivity index (χ1) is 7.35. The Kier molecular flexibility index (Phi) is 4.04. The molecule has 1 spiro atoms. The Morgan fingerprint density at radius 2 is 2.07 bits per heavy atom. The van der Waals surface area contributed by atoms with E-state index in [0.717, 1.165) is 12.6 Å². The van der Waals surface area contributed by atoms with E-state index >= 15 is 0 Å². The molecule has 15 heavy (non-hydrogen) atoms. The van der Waals surface area contributed by atoms with Gasteiger partial charge in [-0.2, -0.15) is 0 Å². The molecule has 0 bridgehead atoms. The maximum Gasteiger partial charge on any atom is 0.0697 e. The van der Waals surface area contributed by atoms with Gasteiger partial charge in [0.1, 0.15) is 0 Å². The molecule has 0 aromatic rings. The fourth-order valence-electron chi connectivity index (χ4n) is 3.10. The molecule has 1 saturated carbocycles. The predicted octanol–water partition coefficient (Wildman–Crippen LogP) is 2.87. The predicted molar refractivity (Wildman–Crippen MR) is 63.1 cm³/mol. The average Bonchev–Trinajstić information content (AvgIpc) is 2.28. The van der Waals surface area contributed by atoms with Crippen LogP contribution in [0.15, 0.2) is 0 Å². The highest BCUT2D eigenvalue weighted by molar-refractivity contribution is 4.91. The highest BCUT2D eigenvalue weighted by Gasteiger charge is 2.38. The molecule has 1 unspecified atom stereocenters. The van der Waals surface area contributed by atoms with E-state index in [0.29, 0.717) is 0 Å². The van der Waals surface area contributed by atoms with Gasteiger partial charge < -0.3 is 10.1 Å². The first-order valence-corrected chi connectivity index (χ1v) is 6.72. The molecule has 0 aromatic carbocycles. The molecule has 2 rings (SSSR count). The Labute approximate surface area is 93.8 Å². The first-order valence-electron chi connectivity index (χ1n) is 6.72. The summed E-state index contributed by atoms with van der Waals surface area (Å²) in [5.74, 6) is 0. The molecule has 1 aliphatic heterocycles. The summed E-state index contributed by atoms with van der Waals surface area (Å²) >= 11 is 0. The van der Waals surface area contributed by atoms with Crippen LogP contribution in [-0.2, 0) is 4.74 Å². The second-order valence-corrected chi connectivity index (χ2v) is 5.24. The van der Waals surface area contributed by atoms with Gasteiger partial charge in [0.2, 0.25) is 0 Å². The van der Waals surface area contributed by atoms with E-state index in [-0.39, 0.29) is 5.60 Å². The lowest BCUT2D eigenvalue weighted by atomic mass is 9.78. The summed E-state index contributed by atoms with van der Waals surface area (Å²) in [5, 5.41) is 3.66. The first kappa shape index (κ1) is 11.4. The van der Waals surface area contributed by atoms with E-state index in [2.05, 4.69) is 12.2 Å². The van der Waals surface area contributed by atoms with Gasteiger partial charge in [0.15, 0.2) is 0 Å². The van der Waals surface area contributed by atoms with Crippen molar-refractivity contribution in [3.05, 3.63) is 0 Å². The summed E-state index contributed by atoms with van der Waals surface area (Å²) in [5.41, 5.74) is 0.266. The molecule has 2 fully saturated rings. The van der Waals surface area contributed by atoms with Crippen LogP contribution in [0.3, 0.4) is 0 Å². The largest absolute Gasteiger partial charge is 0.375 e. The van der Waals surface area contributed by atoms with Crippen molar-refractivity contribution in [2.24, 2.45) is 0 Å². The van der Waals surface area contributed by atoms with E-state index in [1.165, 1.54) is 57.9 Å². The van der Waals surface area contributed by atoms with Crippen molar-refractivity contribution >= 4 is 0 Å². The van der Waals surface area contributed by atoms with E-state index < -0.39 is 0 Å². The summed E-state index contributed by atoms with van der Waals surface area (Å²) in [6.45, 7) is 4.38. The highest BCUT2D eigenvalue weighted by Crippen LogP contribution is 2.38. The fraction of sp³-hybridized carbons (Fsp3) is 1.00. The van der Waals surface area contributed by atoms with Crippen molar-refractivity contribution < 1.29 is 4.74 Å². The quantitative estimate of drug-likeness (QED) is 0.775. The molecule has 0 aromatic heterocycles. The minimum atomic E-state index is 0.266. The van der Waals surface area contributed by atoms with E-state index in [9.17, 15) is 0 Å². The Morgan fingerprint density at radius 3 is 2.80 bits per heavy atom. The van der Waals surface area contributed by atoms with Crippen LogP contribution in [0.25, 0.3) is 0 Å². The molecule has 2 nitrogen and oxygen atoms in total. The van der Waals surface area contributed by atoms with Crippen LogP contribution >= 0.6 is 0 Å². The molecule has 0 amide bonds. The van der Waals surface area contributed by atoms with Gasteiger partial charge >= 0.3 is 0 Å². The molecule has 88 valence electrons. The standard InChI is InChI=1S/C13H25NO/c1-2-9-14-12-6-10-15-13(11-12)7-4-3-5-8-13/h12,14H,2-11H2,1H3. The van der Waals surface area contributed by atoms with Crippen molar-refractivity contribution in [2.45, 2.75) is 69.9 Å². The van der Waals surface area contributed by atoms with E-state index in [1.807, 2.05) is 0 Å². The number of rotatable bonds is 3. The van der Waals surface area contributed by atoms with Crippen LogP contribution in [0.2, 0.25) is 0 Å². The molecule has 1 heterocycles. The minimum Gasteiger partial charge on any atom is -0.375 e. The van der Waals surface area contributed by atoms with Crippen molar-refractivity contribution in [3.63, 3.8) is 0 Å². The maximum atomic E-state index is 6.08. The molecule has 2 aliphatic rings. The fourth-order valence-corrected chi connectivity index (χ4v) is 3.10. The van der Waals surface area contributed by atoms with Gasteiger partial charge in [0, 0.05) is 12.6 Å². The summed E-state index contributed by atoms with van der Waals surface area (Å²) in [4.78, 5) is 0. The topological polar surface area (TPSA) is 21.3 Å². The van der Waals surface area contributed by atoms with Crippen LogP contribution < -0.4 is 5.32 Å². The van der Waals surface area contributed by atoms with Crippen molar-refractivity contribution in [3.8, 4) is 0 Å². The van der Waals surface area contributed by atoms with Gasteiger partial charge in [-0.3, -0.25) is 0 Å². The Hall–Kier alpha value is -0.0800. The Morgan fingerprint density at radius 1 is 1.27 bits per heavy atom. The third-order valence-corrected chi connectivity index (χ3v) is 3.94. The summed E-state index contributed by atoms with van der Waals surface area (Å²) < 4.78 is 6.08. The molecule has 1 atom stereocenters. The molecular weight excluding hydrogens is 186 g/mol. The summed E-state index contributed by atoms with van der Waals surface area (Å²) in [7, 11) is 0. The average molecular weight is 211 g/mol. The Bertz CT molecular complexity index is 181. The zero-order valence-corrected chi connectivity index (χ0v) is 10.1. The van der Waals surface area contributed by atoms with Gasteiger partial charge in [-0.25, -0.2) is 0 Å². The van der Waals surface area contributed by atoms with Crippen LogP contribution in [0, 0.1) is 0 Å². The lowest BCUT2D eigenvalue weighted by Gasteiger charge is -2.43. The Balaban J connectivity index is 1.85. The molecule has 1 saturated heterocycles. The van der Waals surface area contributed by atoms with Gasteiger partial charge in [-0.05, 0) is 38.6 Å². The maximum absolute atomic E-state index is 6.08. The van der Waals surface area contributed by atoms with Crippen LogP contribution in [0.1, 0.15) is 58.3 Å². The van der Waals surface area contributed by atoms with Crippen LogP contribution in [0.4, 0.5) is 0 Å². The molecule has 2 heteroatoms. The smallest absolute Gasteiger partial charge is 0.0697 e. The number of hydrogen-bond acceptors (Lipinski definition) is 2. The van der Waals surface area contributed by atoms with Gasteiger partial charge in [0.25, 0.3) is 0 Å². The van der Waals surface area contributed by atoms with Crippen molar-refractivity contribution in [1.82, 2.24) is 5.32 Å². The second kappa shape index (κ2) is 5.31. The lowest BCUT2D eigenvalue weighted by molar-refractivity contribution is -0.109. The van der Waals surface area contributed by atoms with Crippen molar-refractivity contribution in [1.29, 1.82) is 0 Å². The van der Waals surface area contributed by atoms with E-state index in [4.69, 9.17) is 4.74 Å². The van der Waals surface area contributed by atoms with Gasteiger partial charge in [-0.1, -0.05) is 26.2 Å². The molecule has 1 N–H and O–H groups in total. The second-order valence-electron chi connectivity index (χ2n) is 5.24. The third kappa shape index (κ3) is 2.94. The van der Waals surface area contributed by atoms with Gasteiger partial charge in [-0.15, -0.1) is 0 Å².